The van der Waals surface area contributed by atoms with E-state index in [2.05, 4.69) is 208 Å². The van der Waals surface area contributed by atoms with E-state index in [0.29, 0.717) is 0 Å². The maximum absolute atomic E-state index is 3.23. The number of rotatable bonds is 1. The first-order valence-electron chi connectivity index (χ1n) is 26.3. The van der Waals surface area contributed by atoms with Crippen molar-refractivity contribution in [3.63, 3.8) is 0 Å². The molecule has 24 unspecified atom stereocenters. The van der Waals surface area contributed by atoms with Crippen molar-refractivity contribution >= 4 is 0 Å². The minimum atomic E-state index is 0.0173. The van der Waals surface area contributed by atoms with Gasteiger partial charge in [0, 0.05) is 0 Å². The topological polar surface area (TPSA) is 0 Å². The van der Waals surface area contributed by atoms with E-state index in [0.717, 1.165) is 0 Å². The Hall–Kier alpha value is 0. The van der Waals surface area contributed by atoms with E-state index in [1.807, 2.05) is 0 Å². The van der Waals surface area contributed by atoms with Gasteiger partial charge in [-0.25, -0.2) is 0 Å². The molecule has 22 rings (SSSR count). The zero-order valence-corrected chi connectivity index (χ0v) is 45.4. The molecule has 22 aliphatic carbocycles. The lowest BCUT2D eigenvalue weighted by atomic mass is 8.79. The van der Waals surface area contributed by atoms with E-state index >= 15 is 0 Å². The van der Waals surface area contributed by atoms with Gasteiger partial charge in [0.1, 0.15) is 0 Å². The van der Waals surface area contributed by atoms with Gasteiger partial charge in [-0.05, 0) is 164 Å². The van der Waals surface area contributed by atoms with Crippen LogP contribution in [0.4, 0.5) is 0 Å². The molecule has 0 N–H and O–H groups in total. The zero-order valence-electron chi connectivity index (χ0n) is 45.4. The Kier molecular flexibility index (Phi) is 4.49. The summed E-state index contributed by atoms with van der Waals surface area (Å²) >= 11 is 0. The molecule has 24 atom stereocenters. The first-order valence-corrected chi connectivity index (χ1v) is 26.3. The van der Waals surface area contributed by atoms with Crippen molar-refractivity contribution in [1.82, 2.24) is 0 Å². The van der Waals surface area contributed by atoms with E-state index in [9.17, 15) is 0 Å². The summed E-state index contributed by atoms with van der Waals surface area (Å²) in [4.78, 5) is 0. The van der Waals surface area contributed by atoms with E-state index in [4.69, 9.17) is 0 Å². The third kappa shape index (κ3) is 1.38. The molecule has 22 aliphatic rings. The molecule has 0 saturated heterocycles. The predicted octanol–water partition coefficient (Wildman–Crippen LogP) is 16.2. The molecule has 22 fully saturated rings. The van der Waals surface area contributed by atoms with Crippen molar-refractivity contribution in [3.05, 3.63) is 0 Å². The Balaban J connectivity index is 1.49. The summed E-state index contributed by atoms with van der Waals surface area (Å²) in [5.41, 5.74) is 3.05. The van der Waals surface area contributed by atoms with E-state index in [-0.39, 0.29) is 152 Å². The lowest BCUT2D eigenvalue weighted by Gasteiger charge is -3.24. The van der Waals surface area contributed by atoms with Crippen LogP contribution in [0.5, 0.6) is 0 Å². The molecule has 0 heterocycles. The second-order valence-corrected chi connectivity index (χ2v) is 33.6. The Morgan fingerprint density at radius 1 is 0.233 bits per heavy atom. The highest BCUT2D eigenvalue weighted by atomic mass is 15.4. The predicted molar refractivity (Wildman–Crippen MR) is 248 cm³/mol. The summed E-state index contributed by atoms with van der Waals surface area (Å²) in [7, 11) is 0. The summed E-state index contributed by atoms with van der Waals surface area (Å²) in [5.74, 6) is 0. The SMILES string of the molecule is CCC1(C)C2(C)C(C)(C)C3(C)C4(C)C5(C)C6(C)C7(C)CC(C)(C)C8(C)C9(C)C%10(C)C%11(C)C6(C)C6(C)C%12(C)C%13(C)C(C)(C)C(C)(C(C)(C7(C)C(C)(C)C%13(C)C%12(C)C6%11C)C1%105)C94C283. The Morgan fingerprint density at radius 2 is 0.500 bits per heavy atom. The highest BCUT2D eigenvalue weighted by Gasteiger charge is 3.33. The van der Waals surface area contributed by atoms with Gasteiger partial charge in [-0.1, -0.05) is 208 Å². The molecule has 334 valence electrons. The molecule has 0 aliphatic heterocycles. The Morgan fingerprint density at radius 3 is 0.917 bits per heavy atom. The van der Waals surface area contributed by atoms with E-state index in [1.165, 1.54) is 12.8 Å². The fourth-order valence-corrected chi connectivity index (χ4v) is 40.7. The van der Waals surface area contributed by atoms with Crippen molar-refractivity contribution in [3.8, 4) is 0 Å². The van der Waals surface area contributed by atoms with Crippen LogP contribution >= 0.6 is 0 Å². The molecule has 22 saturated carbocycles. The van der Waals surface area contributed by atoms with Crippen LogP contribution < -0.4 is 0 Å². The summed E-state index contributed by atoms with van der Waals surface area (Å²) in [6.45, 7) is 92.3. The van der Waals surface area contributed by atoms with Crippen LogP contribution in [0.25, 0.3) is 0 Å². The fraction of sp³-hybridized carbons (Fsp3) is 1.00. The minimum Gasteiger partial charge on any atom is -0.0648 e. The van der Waals surface area contributed by atoms with Crippen LogP contribution in [0, 0.1) is 152 Å². The average Bonchev–Trinajstić information content (AvgIpc) is 3.24. The van der Waals surface area contributed by atoms with Crippen LogP contribution in [0.1, 0.15) is 221 Å². The lowest BCUT2D eigenvalue weighted by Crippen LogP contribution is -3.21. The highest BCUT2D eigenvalue weighted by molar-refractivity contribution is 5.79. The second-order valence-electron chi connectivity index (χ2n) is 33.6. The molecule has 3 spiro atoms. The van der Waals surface area contributed by atoms with Crippen LogP contribution in [0.2, 0.25) is 0 Å². The van der Waals surface area contributed by atoms with Gasteiger partial charge >= 0.3 is 0 Å². The van der Waals surface area contributed by atoms with Crippen LogP contribution in [0.3, 0.4) is 0 Å². The van der Waals surface area contributed by atoms with Gasteiger partial charge in [0.2, 0.25) is 0 Å². The first kappa shape index (κ1) is 39.2. The monoisotopic (exact) mass is 815 g/mol. The van der Waals surface area contributed by atoms with Crippen molar-refractivity contribution in [2.45, 2.75) is 221 Å². The summed E-state index contributed by atoms with van der Waals surface area (Å²) < 4.78 is 0. The molecule has 0 amide bonds. The van der Waals surface area contributed by atoms with Crippen molar-refractivity contribution < 1.29 is 0 Å². The van der Waals surface area contributed by atoms with Gasteiger partial charge in [0.15, 0.2) is 0 Å². The maximum Gasteiger partial charge on any atom is -0.00292 e. The summed E-state index contributed by atoms with van der Waals surface area (Å²) in [6.07, 6.45) is 2.66. The number of hydrogen-bond acceptors (Lipinski definition) is 0. The normalized spacial score (nSPS) is 85.3. The highest BCUT2D eigenvalue weighted by Crippen LogP contribution is 3.36. The van der Waals surface area contributed by atoms with Gasteiger partial charge in [0.05, 0.1) is 0 Å². The zero-order chi connectivity index (χ0) is 45.4. The molecule has 0 radical (unpaired) electrons. The molecular formula is C60H94. The molecule has 0 nitrogen and oxygen atoms in total. The van der Waals surface area contributed by atoms with Crippen LogP contribution in [0.15, 0.2) is 0 Å². The summed E-state index contributed by atoms with van der Waals surface area (Å²) in [5, 5.41) is 0. The molecular weight excluding hydrogens is 721 g/mol. The molecule has 0 heteroatoms. The average molecular weight is 815 g/mol. The number of fused-ring (bicyclic) bond motifs is 7. The molecule has 0 aromatic rings. The van der Waals surface area contributed by atoms with Gasteiger partial charge in [-0.15, -0.1) is 0 Å². The Bertz CT molecular complexity index is 2500. The smallest absolute Gasteiger partial charge is 0.00292 e. The van der Waals surface area contributed by atoms with Gasteiger partial charge < -0.3 is 0 Å². The van der Waals surface area contributed by atoms with Crippen molar-refractivity contribution in [1.29, 1.82) is 0 Å². The van der Waals surface area contributed by atoms with E-state index in [1.54, 1.807) is 0 Å². The minimum absolute atomic E-state index is 0.0173. The van der Waals surface area contributed by atoms with Gasteiger partial charge in [-0.2, -0.15) is 0 Å². The largest absolute Gasteiger partial charge is 0.0648 e. The first-order chi connectivity index (χ1) is 26.3. The van der Waals surface area contributed by atoms with Gasteiger partial charge in [0.25, 0.3) is 0 Å². The maximum atomic E-state index is 3.23. The van der Waals surface area contributed by atoms with Gasteiger partial charge in [-0.3, -0.25) is 0 Å². The third-order valence-electron chi connectivity index (χ3n) is 40.8. The number of hydrogen-bond donors (Lipinski definition) is 0. The molecule has 0 aromatic carbocycles. The summed E-state index contributed by atoms with van der Waals surface area (Å²) in [6, 6.07) is 0. The second kappa shape index (κ2) is 6.87. The van der Waals surface area contributed by atoms with E-state index < -0.39 is 0 Å². The third-order valence-corrected chi connectivity index (χ3v) is 40.8. The van der Waals surface area contributed by atoms with Crippen LogP contribution in [-0.2, 0) is 0 Å². The lowest BCUT2D eigenvalue weighted by molar-refractivity contribution is -0.786. The van der Waals surface area contributed by atoms with Crippen molar-refractivity contribution in [2.75, 3.05) is 0 Å². The standard InChI is InChI=1S/C60H94/c1-31-37(10)41(14)35(6,7)44(17)55(28)56(29)46(19)38(11)32-33(2,3)39(12)53(26)57(30)52(25)49(46,22)50(23)48(21)43(16)36(8,9)45(18,60(53,55)59(39,41)44)54(27,58(37,56)57)40(38,13)34(4,5)42(43,15)47(48,20)51(50,52)24/h31-32H2,1-30H3. The molecule has 0 aromatic heterocycles. The molecule has 15 bridgehead atoms. The van der Waals surface area contributed by atoms with Crippen molar-refractivity contribution in [2.24, 2.45) is 152 Å². The molecule has 60 heavy (non-hydrogen) atoms. The Labute approximate surface area is 370 Å². The van der Waals surface area contributed by atoms with Crippen LogP contribution in [-0.4, -0.2) is 0 Å². The quantitative estimate of drug-likeness (QED) is 0.247. The fourth-order valence-electron chi connectivity index (χ4n) is 40.7.